The lowest BCUT2D eigenvalue weighted by molar-refractivity contribution is -0.137. The van der Waals surface area contributed by atoms with Crippen LogP contribution in [-0.4, -0.2) is 41.2 Å². The summed E-state index contributed by atoms with van der Waals surface area (Å²) in [6.07, 6.45) is 2.97. The number of carbonyl (C=O) groups excluding carboxylic acids is 1. The minimum atomic E-state index is -4.44. The normalized spacial score (nSPS) is 22.8. The van der Waals surface area contributed by atoms with Gasteiger partial charge in [-0.1, -0.05) is 18.2 Å². The number of aryl methyl sites for hydroxylation is 1. The summed E-state index contributed by atoms with van der Waals surface area (Å²) in [6.45, 7) is 2.15. The van der Waals surface area contributed by atoms with E-state index in [9.17, 15) is 18.0 Å². The fraction of sp³-hybridized carbons (Fsp3) is 0.467. The first-order valence-corrected chi connectivity index (χ1v) is 13.6. The van der Waals surface area contributed by atoms with E-state index in [-0.39, 0.29) is 36.3 Å². The van der Waals surface area contributed by atoms with Gasteiger partial charge in [0.25, 0.3) is 0 Å². The zero-order valence-electron chi connectivity index (χ0n) is 22.1. The number of fused-ring (bicyclic) bond motifs is 2. The molecule has 2 unspecified atom stereocenters. The molecule has 2 aromatic heterocycles. The van der Waals surface area contributed by atoms with Gasteiger partial charge in [-0.3, -0.25) is 0 Å². The third-order valence-corrected chi connectivity index (χ3v) is 8.31. The number of aromatic nitrogens is 2. The molecule has 1 aliphatic carbocycles. The summed E-state index contributed by atoms with van der Waals surface area (Å²) < 4.78 is 52.9. The molecule has 4 heterocycles. The number of rotatable bonds is 7. The zero-order chi connectivity index (χ0) is 27.3. The average molecular weight is 540 g/mol. The maximum Gasteiger partial charge on any atom is 0.417 e. The van der Waals surface area contributed by atoms with E-state index in [1.807, 2.05) is 6.92 Å². The molecule has 0 spiro atoms. The largest absolute Gasteiger partial charge is 0.465 e. The number of benzene rings is 1. The zero-order valence-corrected chi connectivity index (χ0v) is 22.1. The van der Waals surface area contributed by atoms with Gasteiger partial charge in [0.05, 0.1) is 30.9 Å². The van der Waals surface area contributed by atoms with E-state index in [2.05, 4.69) is 9.88 Å². The molecule has 1 aromatic carbocycles. The van der Waals surface area contributed by atoms with Crippen LogP contribution in [0.3, 0.4) is 0 Å². The fourth-order valence-corrected chi connectivity index (χ4v) is 6.42. The number of ether oxygens (including phenoxy) is 2. The number of anilines is 1. The summed E-state index contributed by atoms with van der Waals surface area (Å²) >= 11 is 0. The smallest absolute Gasteiger partial charge is 0.417 e. The van der Waals surface area contributed by atoms with Crippen LogP contribution < -0.4 is 4.90 Å². The number of alkyl halides is 3. The van der Waals surface area contributed by atoms with E-state index < -0.39 is 11.7 Å². The third-order valence-electron chi connectivity index (χ3n) is 8.31. The molecule has 2 atom stereocenters. The van der Waals surface area contributed by atoms with Crippen molar-refractivity contribution in [3.05, 3.63) is 70.7 Å². The Morgan fingerprint density at radius 3 is 2.46 bits per heavy atom. The van der Waals surface area contributed by atoms with Crippen LogP contribution in [0.2, 0.25) is 0 Å². The number of H-pyrrole nitrogens is 1. The van der Waals surface area contributed by atoms with Crippen molar-refractivity contribution in [3.8, 4) is 11.1 Å². The topological polar surface area (TPSA) is 67.4 Å². The summed E-state index contributed by atoms with van der Waals surface area (Å²) in [5, 5.41) is 0. The van der Waals surface area contributed by atoms with E-state index in [0.29, 0.717) is 17.0 Å². The Hall–Kier alpha value is -3.33. The van der Waals surface area contributed by atoms with Crippen LogP contribution >= 0.6 is 0 Å². The Balaban J connectivity index is 1.22. The van der Waals surface area contributed by atoms with Gasteiger partial charge in [-0.05, 0) is 75.1 Å². The second-order valence-electron chi connectivity index (χ2n) is 11.0. The molecule has 0 amide bonds. The van der Waals surface area contributed by atoms with Gasteiger partial charge in [-0.25, -0.2) is 9.78 Å². The summed E-state index contributed by atoms with van der Waals surface area (Å²) in [6, 6.07) is 9.76. The van der Waals surface area contributed by atoms with Gasteiger partial charge >= 0.3 is 12.1 Å². The number of hydrogen-bond acceptors (Lipinski definition) is 5. The van der Waals surface area contributed by atoms with Crippen LogP contribution in [0, 0.1) is 6.92 Å². The van der Waals surface area contributed by atoms with Crippen LogP contribution in [0.25, 0.3) is 11.1 Å². The number of nitrogens with one attached hydrogen (secondary N) is 1. The molecule has 6 nitrogen and oxygen atoms in total. The summed E-state index contributed by atoms with van der Waals surface area (Å²) in [5.74, 6) is 0.757. The Kier molecular flexibility index (Phi) is 6.65. The second kappa shape index (κ2) is 10.0. The van der Waals surface area contributed by atoms with Crippen LogP contribution in [0.5, 0.6) is 0 Å². The molecule has 206 valence electrons. The van der Waals surface area contributed by atoms with E-state index in [4.69, 9.17) is 14.5 Å². The number of piperidine rings is 1. The van der Waals surface area contributed by atoms with Crippen molar-refractivity contribution >= 4 is 11.8 Å². The Morgan fingerprint density at radius 2 is 1.79 bits per heavy atom. The SMILES string of the molecule is COC(=O)c1cc(C)nc(N2C3CCC2CC(OCc2c(-c4ccccc4C(F)(F)F)c[nH]c2C2CC2)C3)c1. The minimum Gasteiger partial charge on any atom is -0.465 e. The van der Waals surface area contributed by atoms with Crippen molar-refractivity contribution in [1.29, 1.82) is 0 Å². The second-order valence-corrected chi connectivity index (χ2v) is 11.0. The molecule has 3 aliphatic rings. The van der Waals surface area contributed by atoms with Crippen molar-refractivity contribution in [1.82, 2.24) is 9.97 Å². The minimum absolute atomic E-state index is 0.00343. The highest BCUT2D eigenvalue weighted by molar-refractivity contribution is 5.90. The number of hydrogen-bond donors (Lipinski definition) is 1. The van der Waals surface area contributed by atoms with E-state index in [0.717, 1.165) is 67.4 Å². The van der Waals surface area contributed by atoms with Gasteiger partial charge in [0.15, 0.2) is 0 Å². The van der Waals surface area contributed by atoms with Gasteiger partial charge in [-0.15, -0.1) is 0 Å². The van der Waals surface area contributed by atoms with Crippen molar-refractivity contribution in [2.24, 2.45) is 0 Å². The molecule has 6 rings (SSSR count). The Morgan fingerprint density at radius 1 is 1.08 bits per heavy atom. The lowest BCUT2D eigenvalue weighted by Crippen LogP contribution is -2.46. The molecule has 3 aromatic rings. The first-order valence-electron chi connectivity index (χ1n) is 13.6. The van der Waals surface area contributed by atoms with Gasteiger partial charge < -0.3 is 19.4 Å². The number of nitrogens with zero attached hydrogens (tertiary/aromatic N) is 2. The van der Waals surface area contributed by atoms with Crippen molar-refractivity contribution in [2.45, 2.75) is 82.3 Å². The van der Waals surface area contributed by atoms with E-state index in [1.165, 1.54) is 13.2 Å². The molecular weight excluding hydrogens is 507 g/mol. The quantitative estimate of drug-likeness (QED) is 0.335. The lowest BCUT2D eigenvalue weighted by Gasteiger charge is -2.40. The standard InChI is InChI=1S/C30H32F3N3O3/c1-17-11-19(29(37)38-2)12-27(35-17)36-20-9-10-21(36)14-22(13-20)39-16-25-24(15-34-28(25)18-7-8-18)23-5-3-4-6-26(23)30(31,32)33/h3-6,11-12,15,18,20-22,34H,7-10,13-14,16H2,1-2H3. The number of pyridine rings is 1. The number of esters is 1. The molecular formula is C30H32F3N3O3. The molecule has 1 saturated carbocycles. The Labute approximate surface area is 225 Å². The highest BCUT2D eigenvalue weighted by Gasteiger charge is 2.42. The molecule has 2 aliphatic heterocycles. The van der Waals surface area contributed by atoms with Crippen LogP contribution in [0.15, 0.2) is 42.6 Å². The number of halogens is 3. The van der Waals surface area contributed by atoms with E-state index >= 15 is 0 Å². The molecule has 2 bridgehead atoms. The predicted octanol–water partition coefficient (Wildman–Crippen LogP) is 6.78. The predicted molar refractivity (Wildman–Crippen MR) is 141 cm³/mol. The Bertz CT molecular complexity index is 1370. The first-order chi connectivity index (χ1) is 18.7. The maximum absolute atomic E-state index is 13.8. The average Bonchev–Trinajstić information content (AvgIpc) is 3.61. The van der Waals surface area contributed by atoms with Gasteiger partial charge in [0.1, 0.15) is 5.82 Å². The third kappa shape index (κ3) is 5.04. The van der Waals surface area contributed by atoms with Crippen LogP contribution in [0.4, 0.5) is 19.0 Å². The lowest BCUT2D eigenvalue weighted by atomic mass is 9.96. The van der Waals surface area contributed by atoms with Crippen molar-refractivity contribution in [2.75, 3.05) is 12.0 Å². The first kappa shape index (κ1) is 25.9. The van der Waals surface area contributed by atoms with Crippen molar-refractivity contribution in [3.63, 3.8) is 0 Å². The monoisotopic (exact) mass is 539 g/mol. The maximum atomic E-state index is 13.8. The van der Waals surface area contributed by atoms with Gasteiger partial charge in [0.2, 0.25) is 0 Å². The molecule has 0 radical (unpaired) electrons. The van der Waals surface area contributed by atoms with Gasteiger partial charge in [-0.2, -0.15) is 13.2 Å². The highest BCUT2D eigenvalue weighted by atomic mass is 19.4. The molecule has 3 fully saturated rings. The summed E-state index contributed by atoms with van der Waals surface area (Å²) in [4.78, 5) is 22.5. The molecule has 9 heteroatoms. The highest BCUT2D eigenvalue weighted by Crippen LogP contribution is 2.46. The summed E-state index contributed by atoms with van der Waals surface area (Å²) in [7, 11) is 1.37. The molecule has 39 heavy (non-hydrogen) atoms. The molecule has 2 saturated heterocycles. The summed E-state index contributed by atoms with van der Waals surface area (Å²) in [5.41, 5.74) is 3.23. The van der Waals surface area contributed by atoms with Crippen LogP contribution in [0.1, 0.15) is 77.3 Å². The van der Waals surface area contributed by atoms with Crippen LogP contribution in [-0.2, 0) is 22.3 Å². The number of methoxy groups -OCH3 is 1. The van der Waals surface area contributed by atoms with Gasteiger partial charge in [0, 0.05) is 40.8 Å². The van der Waals surface area contributed by atoms with Crippen molar-refractivity contribution < 1.29 is 27.4 Å². The fourth-order valence-electron chi connectivity index (χ4n) is 6.42. The van der Waals surface area contributed by atoms with E-state index in [1.54, 1.807) is 30.5 Å². The molecule has 1 N–H and O–H groups in total. The number of aromatic amines is 1. The number of carbonyl (C=O) groups is 1.